The maximum absolute atomic E-state index is 8.26. The summed E-state index contributed by atoms with van der Waals surface area (Å²) in [7, 11) is 0. The summed E-state index contributed by atoms with van der Waals surface area (Å²) in [5.41, 5.74) is 5.29. The molecule has 0 atom stereocenters. The van der Waals surface area contributed by atoms with Crippen LogP contribution in [0.15, 0.2) is 5.16 Å². The third-order valence-corrected chi connectivity index (χ3v) is 2.14. The van der Waals surface area contributed by atoms with Crippen molar-refractivity contribution in [2.24, 2.45) is 10.9 Å². The summed E-state index contributed by atoms with van der Waals surface area (Å²) in [6.07, 6.45) is 7.74. The predicted molar refractivity (Wildman–Crippen MR) is 59.7 cm³/mol. The Balaban J connectivity index is 2.99. The van der Waals surface area contributed by atoms with Gasteiger partial charge in [0, 0.05) is 0 Å². The Morgan fingerprint density at radius 2 is 1.86 bits per heavy atom. The van der Waals surface area contributed by atoms with Crippen molar-refractivity contribution >= 4 is 5.84 Å². The Morgan fingerprint density at radius 3 is 2.50 bits per heavy atom. The molecule has 0 fully saturated rings. The minimum absolute atomic E-state index is 0.246. The van der Waals surface area contributed by atoms with Gasteiger partial charge in [0.1, 0.15) is 0 Å². The molecule has 0 saturated heterocycles. The van der Waals surface area contributed by atoms with Gasteiger partial charge in [-0.25, -0.2) is 0 Å². The van der Waals surface area contributed by atoms with Gasteiger partial charge in [0.25, 0.3) is 0 Å². The minimum atomic E-state index is 0.246. The molecular formula is C10H23N3O. The molecule has 0 aromatic rings. The standard InChI is InChI=1S/C10H23N3O/c1-2-3-4-5-6-7-8-12-9-10(11)13-14/h12,14H,2-9H2,1H3,(H2,11,13). The first kappa shape index (κ1) is 13.2. The van der Waals surface area contributed by atoms with E-state index in [-0.39, 0.29) is 5.84 Å². The fourth-order valence-corrected chi connectivity index (χ4v) is 1.28. The molecule has 84 valence electrons. The first-order valence-electron chi connectivity index (χ1n) is 5.48. The van der Waals surface area contributed by atoms with Crippen LogP contribution in [0.2, 0.25) is 0 Å². The largest absolute Gasteiger partial charge is 0.409 e. The maximum Gasteiger partial charge on any atom is 0.153 e. The normalized spacial score (nSPS) is 11.9. The highest BCUT2D eigenvalue weighted by molar-refractivity contribution is 5.81. The van der Waals surface area contributed by atoms with E-state index < -0.39 is 0 Å². The average molecular weight is 201 g/mol. The molecule has 0 amide bonds. The van der Waals surface area contributed by atoms with Gasteiger partial charge < -0.3 is 16.3 Å². The van der Waals surface area contributed by atoms with Crippen LogP contribution in [0.1, 0.15) is 45.4 Å². The molecule has 14 heavy (non-hydrogen) atoms. The van der Waals surface area contributed by atoms with Crippen LogP contribution in [-0.4, -0.2) is 24.1 Å². The second-order valence-corrected chi connectivity index (χ2v) is 3.54. The van der Waals surface area contributed by atoms with E-state index in [2.05, 4.69) is 17.4 Å². The van der Waals surface area contributed by atoms with Crippen LogP contribution in [0.25, 0.3) is 0 Å². The molecule has 0 aliphatic carbocycles. The molecule has 0 aromatic carbocycles. The van der Waals surface area contributed by atoms with Crippen molar-refractivity contribution in [1.82, 2.24) is 5.32 Å². The lowest BCUT2D eigenvalue weighted by atomic mass is 10.1. The molecule has 0 bridgehead atoms. The van der Waals surface area contributed by atoms with E-state index in [4.69, 9.17) is 10.9 Å². The molecule has 0 aromatic heterocycles. The fraction of sp³-hybridized carbons (Fsp3) is 0.900. The van der Waals surface area contributed by atoms with Crippen LogP contribution in [-0.2, 0) is 0 Å². The highest BCUT2D eigenvalue weighted by atomic mass is 16.4. The number of rotatable bonds is 9. The molecule has 0 rings (SSSR count). The van der Waals surface area contributed by atoms with Gasteiger partial charge in [-0.1, -0.05) is 44.2 Å². The van der Waals surface area contributed by atoms with Crippen LogP contribution >= 0.6 is 0 Å². The Kier molecular flexibility index (Phi) is 9.74. The molecule has 4 nitrogen and oxygen atoms in total. The molecule has 4 N–H and O–H groups in total. The van der Waals surface area contributed by atoms with Gasteiger partial charge in [-0.2, -0.15) is 0 Å². The van der Waals surface area contributed by atoms with Gasteiger partial charge in [0.15, 0.2) is 5.84 Å². The van der Waals surface area contributed by atoms with E-state index in [0.717, 1.165) is 6.54 Å². The molecule has 0 aliphatic heterocycles. The second-order valence-electron chi connectivity index (χ2n) is 3.54. The van der Waals surface area contributed by atoms with Gasteiger partial charge in [-0.15, -0.1) is 0 Å². The maximum atomic E-state index is 8.26. The average Bonchev–Trinajstić information content (AvgIpc) is 2.21. The van der Waals surface area contributed by atoms with Crippen molar-refractivity contribution in [3.8, 4) is 0 Å². The number of unbranched alkanes of at least 4 members (excludes halogenated alkanes) is 5. The molecule has 0 aliphatic rings. The summed E-state index contributed by atoms with van der Waals surface area (Å²) < 4.78 is 0. The summed E-state index contributed by atoms with van der Waals surface area (Å²) in [6, 6.07) is 0. The van der Waals surface area contributed by atoms with E-state index in [1.54, 1.807) is 0 Å². The summed E-state index contributed by atoms with van der Waals surface area (Å²) >= 11 is 0. The molecule has 0 unspecified atom stereocenters. The summed E-state index contributed by atoms with van der Waals surface area (Å²) in [4.78, 5) is 0. The van der Waals surface area contributed by atoms with E-state index in [0.29, 0.717) is 6.54 Å². The van der Waals surface area contributed by atoms with Crippen LogP contribution in [0.4, 0.5) is 0 Å². The Bertz CT molecular complexity index is 148. The lowest BCUT2D eigenvalue weighted by Crippen LogP contribution is -2.29. The quantitative estimate of drug-likeness (QED) is 0.175. The van der Waals surface area contributed by atoms with Gasteiger partial charge >= 0.3 is 0 Å². The van der Waals surface area contributed by atoms with Crippen molar-refractivity contribution in [3.63, 3.8) is 0 Å². The van der Waals surface area contributed by atoms with Crippen molar-refractivity contribution in [1.29, 1.82) is 0 Å². The number of hydrogen-bond donors (Lipinski definition) is 3. The molecule has 4 heteroatoms. The molecule has 0 saturated carbocycles. The number of amidine groups is 1. The molecule has 0 heterocycles. The van der Waals surface area contributed by atoms with Crippen molar-refractivity contribution in [3.05, 3.63) is 0 Å². The number of oxime groups is 1. The van der Waals surface area contributed by atoms with Gasteiger partial charge in [-0.3, -0.25) is 0 Å². The van der Waals surface area contributed by atoms with E-state index in [1.165, 1.54) is 38.5 Å². The Hall–Kier alpha value is -0.770. The smallest absolute Gasteiger partial charge is 0.153 e. The second kappa shape index (κ2) is 10.3. The van der Waals surface area contributed by atoms with E-state index in [1.807, 2.05) is 0 Å². The first-order chi connectivity index (χ1) is 6.81. The lowest BCUT2D eigenvalue weighted by molar-refractivity contribution is 0.317. The van der Waals surface area contributed by atoms with Crippen molar-refractivity contribution in [2.45, 2.75) is 45.4 Å². The molecular weight excluding hydrogens is 178 g/mol. The van der Waals surface area contributed by atoms with Crippen LogP contribution in [0, 0.1) is 0 Å². The number of nitrogens with two attached hydrogens (primary N) is 1. The Labute approximate surface area is 86.6 Å². The van der Waals surface area contributed by atoms with Crippen molar-refractivity contribution < 1.29 is 5.21 Å². The molecule has 0 spiro atoms. The SMILES string of the molecule is CCCCCCCCNCC(N)=NO. The lowest BCUT2D eigenvalue weighted by Gasteiger charge is -2.03. The van der Waals surface area contributed by atoms with E-state index >= 15 is 0 Å². The van der Waals surface area contributed by atoms with Crippen LogP contribution in [0.3, 0.4) is 0 Å². The number of nitrogens with zero attached hydrogens (tertiary/aromatic N) is 1. The first-order valence-corrected chi connectivity index (χ1v) is 5.48. The third kappa shape index (κ3) is 9.32. The third-order valence-electron chi connectivity index (χ3n) is 2.14. The monoisotopic (exact) mass is 201 g/mol. The highest BCUT2D eigenvalue weighted by Crippen LogP contribution is 2.03. The van der Waals surface area contributed by atoms with Crippen molar-refractivity contribution in [2.75, 3.05) is 13.1 Å². The zero-order chi connectivity index (χ0) is 10.6. The molecule has 0 radical (unpaired) electrons. The summed E-state index contributed by atoms with van der Waals surface area (Å²) in [5.74, 6) is 0.246. The van der Waals surface area contributed by atoms with Gasteiger partial charge in [0.05, 0.1) is 6.54 Å². The van der Waals surface area contributed by atoms with E-state index in [9.17, 15) is 0 Å². The minimum Gasteiger partial charge on any atom is -0.409 e. The van der Waals surface area contributed by atoms with Gasteiger partial charge in [-0.05, 0) is 13.0 Å². The summed E-state index contributed by atoms with van der Waals surface area (Å²) in [5, 5.41) is 14.2. The zero-order valence-electron chi connectivity index (χ0n) is 9.13. The fourth-order valence-electron chi connectivity index (χ4n) is 1.28. The number of nitrogens with one attached hydrogen (secondary N) is 1. The van der Waals surface area contributed by atoms with Crippen LogP contribution in [0.5, 0.6) is 0 Å². The zero-order valence-corrected chi connectivity index (χ0v) is 9.13. The summed E-state index contributed by atoms with van der Waals surface area (Å²) in [6.45, 7) is 3.65. The predicted octanol–water partition coefficient (Wildman–Crippen LogP) is 1.68. The Morgan fingerprint density at radius 1 is 1.21 bits per heavy atom. The van der Waals surface area contributed by atoms with Gasteiger partial charge in [0.2, 0.25) is 0 Å². The number of hydrogen-bond acceptors (Lipinski definition) is 3. The van der Waals surface area contributed by atoms with Crippen LogP contribution < -0.4 is 11.1 Å². The highest BCUT2D eigenvalue weighted by Gasteiger charge is 1.92. The topological polar surface area (TPSA) is 70.6 Å².